The summed E-state index contributed by atoms with van der Waals surface area (Å²) in [7, 11) is -0.557. The first kappa shape index (κ1) is 16.6. The van der Waals surface area contributed by atoms with Crippen LogP contribution in [0.3, 0.4) is 0 Å². The van der Waals surface area contributed by atoms with Crippen molar-refractivity contribution in [3.63, 3.8) is 0 Å². The molecule has 0 unspecified atom stereocenters. The number of rotatable bonds is 1. The van der Waals surface area contributed by atoms with Crippen molar-refractivity contribution in [2.45, 2.75) is 59.7 Å². The van der Waals surface area contributed by atoms with Crippen LogP contribution in [0.25, 0.3) is 4.85 Å². The van der Waals surface area contributed by atoms with Crippen molar-refractivity contribution in [1.29, 1.82) is 5.26 Å². The summed E-state index contributed by atoms with van der Waals surface area (Å²) >= 11 is 0. The standard InChI is InChI=1S/C17H21BN2O2/c1-10-13(9-19)11(2)15(20-8)12(3)14(10)18-21-16(4,5)17(6,7)22-18/h1-7H3. The third kappa shape index (κ3) is 2.22. The number of nitriles is 1. The van der Waals surface area contributed by atoms with E-state index in [1.165, 1.54) is 0 Å². The van der Waals surface area contributed by atoms with Gasteiger partial charge < -0.3 is 9.31 Å². The van der Waals surface area contributed by atoms with E-state index in [0.717, 1.165) is 22.2 Å². The Morgan fingerprint density at radius 3 is 1.91 bits per heavy atom. The number of nitrogens with zero attached hydrogens (tertiary/aromatic N) is 2. The monoisotopic (exact) mass is 296 g/mol. The Morgan fingerprint density at radius 1 is 1.00 bits per heavy atom. The van der Waals surface area contributed by atoms with Gasteiger partial charge in [-0.15, -0.1) is 0 Å². The Morgan fingerprint density at radius 2 is 1.50 bits per heavy atom. The number of benzene rings is 1. The lowest BCUT2D eigenvalue weighted by molar-refractivity contribution is 0.00578. The molecule has 0 bridgehead atoms. The molecule has 5 heteroatoms. The SMILES string of the molecule is [C-]#[N+]c1c(C)c(C#N)c(C)c(B2OC(C)(C)C(C)(C)O2)c1C. The average Bonchev–Trinajstić information content (AvgIpc) is 2.58. The van der Waals surface area contributed by atoms with Gasteiger partial charge in [-0.25, -0.2) is 4.85 Å². The number of hydrogen-bond acceptors (Lipinski definition) is 3. The molecule has 1 fully saturated rings. The summed E-state index contributed by atoms with van der Waals surface area (Å²) in [5.41, 5.74) is 3.37. The van der Waals surface area contributed by atoms with Gasteiger partial charge in [0.1, 0.15) is 0 Å². The molecular formula is C17H21BN2O2. The molecule has 0 saturated carbocycles. The van der Waals surface area contributed by atoms with Crippen LogP contribution in [-0.2, 0) is 9.31 Å². The maximum atomic E-state index is 9.45. The highest BCUT2D eigenvalue weighted by atomic mass is 16.7. The molecule has 0 aliphatic carbocycles. The molecule has 22 heavy (non-hydrogen) atoms. The highest BCUT2D eigenvalue weighted by Crippen LogP contribution is 2.38. The molecule has 0 radical (unpaired) electrons. The summed E-state index contributed by atoms with van der Waals surface area (Å²) in [6.07, 6.45) is 0. The zero-order valence-electron chi connectivity index (χ0n) is 14.3. The van der Waals surface area contributed by atoms with Crippen molar-refractivity contribution in [2.24, 2.45) is 0 Å². The van der Waals surface area contributed by atoms with Gasteiger partial charge in [-0.05, 0) is 70.6 Å². The first-order chi connectivity index (χ1) is 10.1. The Bertz CT molecular complexity index is 667. The van der Waals surface area contributed by atoms with Crippen LogP contribution in [-0.4, -0.2) is 18.3 Å². The molecule has 1 aliphatic rings. The zero-order valence-corrected chi connectivity index (χ0v) is 14.3. The van der Waals surface area contributed by atoms with Gasteiger partial charge in [0, 0.05) is 5.56 Å². The third-order valence-corrected chi connectivity index (χ3v) is 4.98. The predicted molar refractivity (Wildman–Crippen MR) is 87.3 cm³/mol. The van der Waals surface area contributed by atoms with E-state index in [0.29, 0.717) is 11.3 Å². The van der Waals surface area contributed by atoms with E-state index in [2.05, 4.69) is 10.9 Å². The van der Waals surface area contributed by atoms with Crippen molar-refractivity contribution in [3.05, 3.63) is 33.7 Å². The highest BCUT2D eigenvalue weighted by molar-refractivity contribution is 6.63. The molecule has 0 atom stereocenters. The third-order valence-electron chi connectivity index (χ3n) is 4.98. The Kier molecular flexibility index (Phi) is 3.86. The molecule has 1 aromatic rings. The zero-order chi connectivity index (χ0) is 16.9. The molecule has 114 valence electrons. The Balaban J connectivity index is 2.69. The first-order valence-electron chi connectivity index (χ1n) is 7.34. The maximum absolute atomic E-state index is 9.45. The minimum Gasteiger partial charge on any atom is -0.399 e. The molecule has 1 heterocycles. The van der Waals surface area contributed by atoms with Crippen molar-refractivity contribution < 1.29 is 9.31 Å². The maximum Gasteiger partial charge on any atom is 0.494 e. The van der Waals surface area contributed by atoms with Crippen LogP contribution in [0.5, 0.6) is 0 Å². The summed E-state index contributed by atoms with van der Waals surface area (Å²) in [5, 5.41) is 9.45. The average molecular weight is 296 g/mol. The molecule has 0 aromatic heterocycles. The van der Waals surface area contributed by atoms with Crippen LogP contribution < -0.4 is 5.46 Å². The minimum absolute atomic E-state index is 0.452. The molecule has 1 aliphatic heterocycles. The fourth-order valence-corrected chi connectivity index (χ4v) is 2.87. The Labute approximate surface area is 133 Å². The van der Waals surface area contributed by atoms with Crippen LogP contribution in [0.2, 0.25) is 0 Å². The van der Waals surface area contributed by atoms with Crippen molar-refractivity contribution >= 4 is 18.3 Å². The van der Waals surface area contributed by atoms with E-state index >= 15 is 0 Å². The normalized spacial score (nSPS) is 18.9. The fourth-order valence-electron chi connectivity index (χ4n) is 2.87. The second kappa shape index (κ2) is 5.12. The fraction of sp³-hybridized carbons (Fsp3) is 0.529. The van der Waals surface area contributed by atoms with Gasteiger partial charge >= 0.3 is 7.12 Å². The quantitative estimate of drug-likeness (QED) is 0.590. The summed E-state index contributed by atoms with van der Waals surface area (Å²) in [4.78, 5) is 3.61. The summed E-state index contributed by atoms with van der Waals surface area (Å²) < 4.78 is 12.2. The summed E-state index contributed by atoms with van der Waals surface area (Å²) in [6, 6.07) is 2.22. The molecular weight excluding hydrogens is 275 g/mol. The molecule has 1 saturated heterocycles. The van der Waals surface area contributed by atoms with Crippen molar-refractivity contribution in [2.75, 3.05) is 0 Å². The van der Waals surface area contributed by atoms with Crippen LogP contribution in [0.1, 0.15) is 49.9 Å². The lowest BCUT2D eigenvalue weighted by Crippen LogP contribution is -2.41. The van der Waals surface area contributed by atoms with Gasteiger partial charge in [-0.3, -0.25) is 0 Å². The predicted octanol–water partition coefficient (Wildman–Crippen LogP) is 3.33. The van der Waals surface area contributed by atoms with Crippen LogP contribution in [0, 0.1) is 38.7 Å². The lowest BCUT2D eigenvalue weighted by atomic mass is 9.71. The molecule has 2 rings (SSSR count). The van der Waals surface area contributed by atoms with E-state index in [1.54, 1.807) is 0 Å². The Hall–Kier alpha value is -1.82. The van der Waals surface area contributed by atoms with Crippen molar-refractivity contribution in [3.8, 4) is 6.07 Å². The van der Waals surface area contributed by atoms with Crippen LogP contribution in [0.4, 0.5) is 5.69 Å². The first-order valence-corrected chi connectivity index (χ1v) is 7.34. The molecule has 4 nitrogen and oxygen atoms in total. The highest BCUT2D eigenvalue weighted by Gasteiger charge is 2.52. The molecule has 0 spiro atoms. The topological polar surface area (TPSA) is 46.6 Å². The van der Waals surface area contributed by atoms with E-state index in [1.807, 2.05) is 48.5 Å². The second-order valence-electron chi connectivity index (χ2n) is 6.82. The second-order valence-corrected chi connectivity index (χ2v) is 6.82. The van der Waals surface area contributed by atoms with E-state index in [4.69, 9.17) is 15.9 Å². The largest absolute Gasteiger partial charge is 0.494 e. The van der Waals surface area contributed by atoms with Gasteiger partial charge in [0.2, 0.25) is 0 Å². The van der Waals surface area contributed by atoms with Gasteiger partial charge in [-0.2, -0.15) is 5.26 Å². The van der Waals surface area contributed by atoms with Gasteiger partial charge in [0.15, 0.2) is 5.69 Å². The minimum atomic E-state index is -0.557. The van der Waals surface area contributed by atoms with Crippen LogP contribution in [0.15, 0.2) is 0 Å². The summed E-state index contributed by atoms with van der Waals surface area (Å²) in [5.74, 6) is 0. The van der Waals surface area contributed by atoms with Gasteiger partial charge in [-0.1, -0.05) is 0 Å². The van der Waals surface area contributed by atoms with Gasteiger partial charge in [0.25, 0.3) is 0 Å². The smallest absolute Gasteiger partial charge is 0.399 e. The van der Waals surface area contributed by atoms with E-state index in [9.17, 15) is 5.26 Å². The molecule has 0 N–H and O–H groups in total. The van der Waals surface area contributed by atoms with E-state index < -0.39 is 18.3 Å². The molecule has 1 aromatic carbocycles. The molecule has 0 amide bonds. The van der Waals surface area contributed by atoms with Crippen molar-refractivity contribution in [1.82, 2.24) is 0 Å². The van der Waals surface area contributed by atoms with Crippen LogP contribution >= 0.6 is 0 Å². The number of hydrogen-bond donors (Lipinski definition) is 0. The van der Waals surface area contributed by atoms with Gasteiger partial charge in [0.05, 0.1) is 23.8 Å². The lowest BCUT2D eigenvalue weighted by Gasteiger charge is -2.32. The summed E-state index contributed by atoms with van der Waals surface area (Å²) in [6.45, 7) is 21.0. The van der Waals surface area contributed by atoms with E-state index in [-0.39, 0.29) is 0 Å².